The van der Waals surface area contributed by atoms with Crippen molar-refractivity contribution >= 4 is 5.97 Å². The number of nitrogens with two attached hydrogens (primary N) is 1. The number of halogens is 3. The molecule has 1 saturated carbocycles. The number of hydrogen-bond donors (Lipinski definition) is 1. The molecule has 1 aliphatic carbocycles. The van der Waals surface area contributed by atoms with Gasteiger partial charge in [-0.15, -0.1) is 0 Å². The van der Waals surface area contributed by atoms with Gasteiger partial charge in [0.05, 0.1) is 12.6 Å². The van der Waals surface area contributed by atoms with Crippen molar-refractivity contribution in [2.24, 2.45) is 5.92 Å². The number of alkyl halides is 3. The zero-order valence-electron chi connectivity index (χ0n) is 8.22. The lowest BCUT2D eigenvalue weighted by molar-refractivity contribution is -0.713. The van der Waals surface area contributed by atoms with Crippen LogP contribution in [0.15, 0.2) is 0 Å². The smallest absolute Gasteiger partial charge is 0.430 e. The molecule has 0 unspecified atom stereocenters. The fourth-order valence-corrected chi connectivity index (χ4v) is 2.04. The molecule has 3 rings (SSSR count). The van der Waals surface area contributed by atoms with Gasteiger partial charge in [0.25, 0.3) is 0 Å². The Bertz CT molecular complexity index is 199. The van der Waals surface area contributed by atoms with E-state index in [1.807, 2.05) is 0 Å². The van der Waals surface area contributed by atoms with Crippen LogP contribution in [0.2, 0.25) is 0 Å². The Labute approximate surface area is 85.7 Å². The number of carboxylic acids is 1. The van der Waals surface area contributed by atoms with Crippen LogP contribution >= 0.6 is 0 Å². The first-order valence-corrected chi connectivity index (χ1v) is 5.01. The molecular weight excluding hydrogens is 211 g/mol. The minimum absolute atomic E-state index is 1.03. The van der Waals surface area contributed by atoms with Crippen LogP contribution in [0.4, 0.5) is 13.2 Å². The predicted molar refractivity (Wildman–Crippen MR) is 43.6 cm³/mol. The van der Waals surface area contributed by atoms with Gasteiger partial charge in [-0.3, -0.25) is 0 Å². The fraction of sp³-hybridized carbons (Fsp3) is 0.889. The summed E-state index contributed by atoms with van der Waals surface area (Å²) in [6, 6.07) is 1.03. The van der Waals surface area contributed by atoms with E-state index in [0.29, 0.717) is 0 Å². The highest BCUT2D eigenvalue weighted by atomic mass is 19.4. The number of piperidine rings is 2. The van der Waals surface area contributed by atoms with Crippen molar-refractivity contribution in [2.45, 2.75) is 37.9 Å². The second kappa shape index (κ2) is 4.83. The largest absolute Gasteiger partial charge is 0.542 e. The van der Waals surface area contributed by atoms with E-state index < -0.39 is 12.1 Å². The summed E-state index contributed by atoms with van der Waals surface area (Å²) in [4.78, 5) is 8.78. The van der Waals surface area contributed by atoms with Gasteiger partial charge in [-0.05, 0) is 25.7 Å². The highest BCUT2D eigenvalue weighted by molar-refractivity contribution is 5.70. The minimum Gasteiger partial charge on any atom is -0.542 e. The van der Waals surface area contributed by atoms with E-state index >= 15 is 0 Å². The molecule has 2 saturated heterocycles. The molecule has 0 aromatic carbocycles. The van der Waals surface area contributed by atoms with E-state index in [1.165, 1.54) is 32.2 Å². The summed E-state index contributed by atoms with van der Waals surface area (Å²) in [7, 11) is 0. The van der Waals surface area contributed by atoms with Gasteiger partial charge >= 0.3 is 6.18 Å². The van der Waals surface area contributed by atoms with Crippen molar-refractivity contribution in [1.29, 1.82) is 0 Å². The molecule has 15 heavy (non-hydrogen) atoms. The molecule has 2 bridgehead atoms. The van der Waals surface area contributed by atoms with Crippen molar-refractivity contribution in [2.75, 3.05) is 6.54 Å². The number of carboxylic acid groups (broad SMARTS) is 1. The van der Waals surface area contributed by atoms with Gasteiger partial charge in [0, 0.05) is 5.92 Å². The number of quaternary nitrogens is 1. The van der Waals surface area contributed by atoms with Crippen LogP contribution in [0, 0.1) is 5.92 Å². The zero-order valence-corrected chi connectivity index (χ0v) is 8.22. The number of aliphatic carboxylic acids is 1. The number of carbonyl (C=O) groups excluding carboxylic acids is 1. The van der Waals surface area contributed by atoms with Crippen molar-refractivity contribution < 1.29 is 28.4 Å². The van der Waals surface area contributed by atoms with Gasteiger partial charge < -0.3 is 15.2 Å². The summed E-state index contributed by atoms with van der Waals surface area (Å²) >= 11 is 0. The number of fused-ring (bicyclic) bond motifs is 3. The van der Waals surface area contributed by atoms with Crippen molar-refractivity contribution in [3.05, 3.63) is 0 Å². The highest BCUT2D eigenvalue weighted by Gasteiger charge is 2.30. The van der Waals surface area contributed by atoms with E-state index in [1.54, 1.807) is 0 Å². The monoisotopic (exact) mass is 225 g/mol. The van der Waals surface area contributed by atoms with Crippen LogP contribution in [0.1, 0.15) is 25.7 Å². The molecule has 2 aliphatic heterocycles. The van der Waals surface area contributed by atoms with Gasteiger partial charge in [0.2, 0.25) is 0 Å². The van der Waals surface area contributed by atoms with Crippen LogP contribution in [0.3, 0.4) is 0 Å². The van der Waals surface area contributed by atoms with Gasteiger partial charge in [-0.1, -0.05) is 0 Å². The zero-order chi connectivity index (χ0) is 11.5. The first-order chi connectivity index (χ1) is 6.89. The van der Waals surface area contributed by atoms with E-state index in [2.05, 4.69) is 5.32 Å². The fourth-order valence-electron chi connectivity index (χ4n) is 2.04. The van der Waals surface area contributed by atoms with Crippen LogP contribution in [0.5, 0.6) is 0 Å². The summed E-state index contributed by atoms with van der Waals surface area (Å²) in [5.74, 6) is -1.91. The Morgan fingerprint density at radius 1 is 1.20 bits per heavy atom. The Morgan fingerprint density at radius 3 is 1.73 bits per heavy atom. The SMILES string of the molecule is C1CC2CCC1C[NH2+]2.O=C([O-])C(F)(F)F. The molecule has 0 spiro atoms. The third-order valence-electron chi connectivity index (χ3n) is 2.93. The first kappa shape index (κ1) is 12.3. The standard InChI is InChI=1S/C7H13N.C2HF3O2/c1-3-7-4-2-6(1)5-8-7;3-2(4,5)1(6)7/h6-8H,1-5H2;(H,6,7). The van der Waals surface area contributed by atoms with Crippen LogP contribution in [0.25, 0.3) is 0 Å². The lowest BCUT2D eigenvalue weighted by atomic mass is 9.82. The lowest BCUT2D eigenvalue weighted by Crippen LogP contribution is -2.94. The van der Waals surface area contributed by atoms with Gasteiger partial charge in [-0.25, -0.2) is 0 Å². The highest BCUT2D eigenvalue weighted by Crippen LogP contribution is 2.24. The summed E-state index contributed by atoms with van der Waals surface area (Å²) in [5.41, 5.74) is 0. The average molecular weight is 225 g/mol. The molecular formula is C9H14F3NO2. The van der Waals surface area contributed by atoms with E-state index in [0.717, 1.165) is 12.0 Å². The third kappa shape index (κ3) is 4.07. The average Bonchev–Trinajstić information content (AvgIpc) is 2.20. The van der Waals surface area contributed by atoms with Crippen LogP contribution < -0.4 is 10.4 Å². The number of carbonyl (C=O) groups is 1. The van der Waals surface area contributed by atoms with Crippen LogP contribution in [-0.2, 0) is 4.79 Å². The Hall–Kier alpha value is -0.780. The van der Waals surface area contributed by atoms with Gasteiger partial charge in [0.15, 0.2) is 0 Å². The van der Waals surface area contributed by atoms with Crippen molar-refractivity contribution in [3.8, 4) is 0 Å². The second-order valence-electron chi connectivity index (χ2n) is 4.04. The molecule has 0 aromatic rings. The molecule has 6 heteroatoms. The molecule has 0 atom stereocenters. The molecule has 3 aliphatic rings. The normalized spacial score (nSPS) is 29.3. The number of hydrogen-bond acceptors (Lipinski definition) is 2. The summed E-state index contributed by atoms with van der Waals surface area (Å²) in [5, 5.41) is 11.3. The Balaban J connectivity index is 0.000000153. The first-order valence-electron chi connectivity index (χ1n) is 5.01. The maximum atomic E-state index is 10.5. The molecule has 0 radical (unpaired) electrons. The van der Waals surface area contributed by atoms with E-state index in [9.17, 15) is 13.2 Å². The summed E-state index contributed by atoms with van der Waals surface area (Å²) in [6.07, 6.45) is 0.873. The lowest BCUT2D eigenvalue weighted by Gasteiger charge is -2.33. The topological polar surface area (TPSA) is 56.7 Å². The summed E-state index contributed by atoms with van der Waals surface area (Å²) < 4.78 is 31.5. The maximum absolute atomic E-state index is 10.5. The van der Waals surface area contributed by atoms with E-state index in [4.69, 9.17) is 9.90 Å². The predicted octanol–water partition coefficient (Wildman–Crippen LogP) is -0.579. The maximum Gasteiger partial charge on any atom is 0.430 e. The number of rotatable bonds is 0. The molecule has 0 amide bonds. The third-order valence-corrected chi connectivity index (χ3v) is 2.93. The second-order valence-corrected chi connectivity index (χ2v) is 4.04. The quantitative estimate of drug-likeness (QED) is 0.599. The van der Waals surface area contributed by atoms with Crippen LogP contribution in [-0.4, -0.2) is 24.7 Å². The van der Waals surface area contributed by atoms with Gasteiger partial charge in [0.1, 0.15) is 5.97 Å². The molecule has 3 fully saturated rings. The minimum atomic E-state index is -5.19. The Morgan fingerprint density at radius 2 is 1.67 bits per heavy atom. The Kier molecular flexibility index (Phi) is 3.96. The molecule has 2 heterocycles. The summed E-state index contributed by atoms with van der Waals surface area (Å²) in [6.45, 7) is 1.44. The van der Waals surface area contributed by atoms with E-state index in [-0.39, 0.29) is 0 Å². The van der Waals surface area contributed by atoms with Gasteiger partial charge in [-0.2, -0.15) is 13.2 Å². The molecule has 0 aromatic heterocycles. The molecule has 3 nitrogen and oxygen atoms in total. The van der Waals surface area contributed by atoms with Crippen molar-refractivity contribution in [3.63, 3.8) is 0 Å². The molecule has 88 valence electrons. The molecule has 2 N–H and O–H groups in total. The van der Waals surface area contributed by atoms with Crippen molar-refractivity contribution in [1.82, 2.24) is 0 Å².